The van der Waals surface area contributed by atoms with Crippen molar-refractivity contribution in [3.05, 3.63) is 473 Å². The number of aromatic nitrogens is 3. The first-order chi connectivity index (χ1) is 71.4. The van der Waals surface area contributed by atoms with Crippen molar-refractivity contribution in [2.45, 2.75) is 96.6 Å². The molecule has 0 aliphatic carbocycles. The molecule has 0 unspecified atom stereocenters. The van der Waals surface area contributed by atoms with E-state index in [0.29, 0.717) is 16.7 Å². The third-order valence-electron chi connectivity index (χ3n) is 29.5. The zero-order chi connectivity index (χ0) is 105. The molecule has 3 aliphatic rings. The Labute approximate surface area is 832 Å². The maximum Gasteiger partial charge on any atom is 0.240 e. The van der Waals surface area contributed by atoms with Crippen LogP contribution in [0, 0.1) is 96.6 Å². The molecule has 19 aromatic rings. The summed E-state index contributed by atoms with van der Waals surface area (Å²) in [6, 6.07) is 132. The van der Waals surface area contributed by atoms with E-state index in [0.717, 1.165) is 105 Å². The molecule has 0 saturated carbocycles. The number of pyridine rings is 3. The van der Waals surface area contributed by atoms with Gasteiger partial charge in [-0.15, -0.1) is 0 Å². The summed E-state index contributed by atoms with van der Waals surface area (Å²) in [5.74, 6) is 0. The number of benzene rings is 16. The largest absolute Gasteiger partial charge is 0.240 e. The third kappa shape index (κ3) is 17.1. The molecule has 0 fully saturated rings. The van der Waals surface area contributed by atoms with Crippen LogP contribution in [-0.4, -0.2) is 40.3 Å². The average molecular weight is 1770 g/mol. The predicted octanol–water partition coefficient (Wildman–Crippen LogP) is 15.6. The van der Waals surface area contributed by atoms with E-state index in [1.165, 1.54) is 121 Å². The molecule has 9 heteroatoms. The third-order valence-corrected chi connectivity index (χ3v) is 29.5. The lowest BCUT2D eigenvalue weighted by Crippen LogP contribution is -2.75. The standard InChI is InChI=1S/C49H46B2N.C41H38B2N.C38H32B2N/c1-31-19-22-38(23-20-31)41-29-47(52(8)30-37(41)7)42-27-39(24-21-32(42)2)40-25-26-45-46(28-40)51(49-35(5)15-12-16-36(49)6)44-18-10-9-17-43(44)50(45)48-33(3)13-11-14-34(48)4;1-27-14-7-8-17-34(27)39-26-32(22-23-44(39)6)33-24-30(4)41(31(5)25-33)43-37-20-11-9-18-35(37)42(36-19-10-12-21-38(36)43)40-28(2)15-13-16-29(40)3;1-27-18-23-38(41(3)26-27)33-21-19-29(24-28(33)2)30-20-22-36-37(25-30)40(32-14-8-5-9-15-32)35-17-11-10-16-34(35)39(36)31-12-6-4-7-13-31/h9-30H,1-8H3;7-26H,1-6H3;4-26H,1-3H3/q3*+1/i3D3,5D3,7D3;;1D3. The van der Waals surface area contributed by atoms with Crippen molar-refractivity contribution in [1.29, 1.82) is 0 Å². The SMILES string of the molecule is Cc1ccccc1-c1cc(-c2cc(C)c(B3c4ccccc4B(c4c(C)cccc4C)c4ccccc43)c(C)c2)cc[n+]1C.[2H]C([2H])([2H])c1c[n+](C)c(-c2cc(-c3ccc4c(c3)B(c3c(C)cccc3C([2H])([2H])[2H])c3ccccc3B4c3c(C)cccc3C([2H])([2H])[2H])ccc2C)cc1-c1ccc(C)cc1.[2H]C([2H])([2H])c1ccc(-c2ccc(-c3ccc4c(c3)B(c3ccccc3)c3ccccc3B4c3ccccc3)cc2C)[n+](C)c1. The number of nitrogens with zero attached hydrogens (tertiary/aromatic N) is 3. The number of aryl methyl sites for hydroxylation is 17. The number of rotatable bonds is 13. The molecule has 0 bridgehead atoms. The molecule has 0 saturated heterocycles. The molecule has 3 nitrogen and oxygen atoms in total. The van der Waals surface area contributed by atoms with Crippen LogP contribution in [0.25, 0.3) is 78.3 Å². The maximum absolute atomic E-state index is 8.68. The highest BCUT2D eigenvalue weighted by Crippen LogP contribution is 2.35. The van der Waals surface area contributed by atoms with Crippen molar-refractivity contribution in [1.82, 2.24) is 0 Å². The normalized spacial score (nSPS) is 13.8. The Hall–Kier alpha value is -14.6. The van der Waals surface area contributed by atoms with Gasteiger partial charge in [-0.2, -0.15) is 0 Å². The maximum atomic E-state index is 8.68. The molecule has 3 aromatic heterocycles. The van der Waals surface area contributed by atoms with Crippen molar-refractivity contribution in [2.75, 3.05) is 0 Å². The quantitative estimate of drug-likeness (QED) is 0.0805. The summed E-state index contributed by atoms with van der Waals surface area (Å²) in [5.41, 5.74) is 49.2. The van der Waals surface area contributed by atoms with E-state index in [9.17, 15) is 0 Å². The van der Waals surface area contributed by atoms with Gasteiger partial charge < -0.3 is 0 Å². The van der Waals surface area contributed by atoms with Gasteiger partial charge in [-0.3, -0.25) is 0 Å². The minimum Gasteiger partial charge on any atom is -0.201 e. The van der Waals surface area contributed by atoms with Gasteiger partial charge in [-0.05, 0) is 182 Å². The highest BCUT2D eigenvalue weighted by atomic mass is 14.9. The zero-order valence-electron chi connectivity index (χ0n) is 92.3. The van der Waals surface area contributed by atoms with Crippen LogP contribution in [0.5, 0.6) is 0 Å². The van der Waals surface area contributed by atoms with E-state index >= 15 is 0 Å². The van der Waals surface area contributed by atoms with E-state index in [-0.39, 0.29) is 38.0 Å². The molecule has 16 aromatic carbocycles. The van der Waals surface area contributed by atoms with E-state index in [4.69, 9.17) is 16.4 Å². The van der Waals surface area contributed by atoms with Gasteiger partial charge in [0.1, 0.15) is 21.1 Å². The summed E-state index contributed by atoms with van der Waals surface area (Å²) in [7, 11) is 5.92. The Bertz CT molecular complexity index is 8340. The molecule has 0 radical (unpaired) electrons. The van der Waals surface area contributed by atoms with Crippen LogP contribution in [0.2, 0.25) is 0 Å². The van der Waals surface area contributed by atoms with Crippen molar-refractivity contribution in [3.63, 3.8) is 0 Å². The van der Waals surface area contributed by atoms with E-state index in [1.54, 1.807) is 42.7 Å². The smallest absolute Gasteiger partial charge is 0.201 e. The van der Waals surface area contributed by atoms with Gasteiger partial charge in [-0.1, -0.05) is 476 Å². The summed E-state index contributed by atoms with van der Waals surface area (Å²) >= 11 is 0. The first kappa shape index (κ1) is 76.6. The summed E-state index contributed by atoms with van der Waals surface area (Å²) < 4.78 is 106. The van der Waals surface area contributed by atoms with E-state index in [2.05, 4.69) is 344 Å². The minimum absolute atomic E-state index is 0.137. The van der Waals surface area contributed by atoms with Gasteiger partial charge in [0, 0.05) is 68.5 Å². The van der Waals surface area contributed by atoms with E-state index < -0.39 is 40.8 Å². The van der Waals surface area contributed by atoms with Crippen LogP contribution >= 0.6 is 0 Å². The Morgan fingerprint density at radius 1 is 0.182 bits per heavy atom. The second kappa shape index (κ2) is 37.9. The Kier molecular flexibility index (Phi) is 21.2. The second-order valence-corrected chi connectivity index (χ2v) is 38.2. The summed E-state index contributed by atoms with van der Waals surface area (Å²) in [6.07, 6.45) is 5.62. The fourth-order valence-electron chi connectivity index (χ4n) is 22.8. The van der Waals surface area contributed by atoms with Crippen LogP contribution in [0.4, 0.5) is 0 Å². The van der Waals surface area contributed by atoms with Crippen LogP contribution < -0.4 is 112 Å². The van der Waals surface area contributed by atoms with E-state index in [1.807, 2.05) is 112 Å². The van der Waals surface area contributed by atoms with Crippen molar-refractivity contribution in [2.24, 2.45) is 21.1 Å². The fraction of sp³-hybridized carbons (Fsp3) is 0.133. The van der Waals surface area contributed by atoms with Gasteiger partial charge >= 0.3 is 0 Å². The molecule has 137 heavy (non-hydrogen) atoms. The minimum atomic E-state index is -2.39. The van der Waals surface area contributed by atoms with Crippen LogP contribution in [0.1, 0.15) is 94.3 Å². The van der Waals surface area contributed by atoms with Crippen LogP contribution in [0.3, 0.4) is 0 Å². The molecule has 658 valence electrons. The molecule has 0 atom stereocenters. The Morgan fingerprint density at radius 2 is 0.533 bits per heavy atom. The van der Waals surface area contributed by atoms with Gasteiger partial charge in [0.2, 0.25) is 57.4 Å². The molecule has 0 amide bonds. The Morgan fingerprint density at radius 3 is 1.03 bits per heavy atom. The highest BCUT2D eigenvalue weighted by Gasteiger charge is 2.44. The topological polar surface area (TPSA) is 11.6 Å². The number of fused-ring (bicyclic) bond motifs is 6. The van der Waals surface area contributed by atoms with Crippen molar-refractivity contribution in [3.8, 4) is 78.3 Å². The molecule has 22 rings (SSSR count). The van der Waals surface area contributed by atoms with Gasteiger partial charge in [0.15, 0.2) is 18.6 Å². The molecule has 0 N–H and O–H groups in total. The number of hydrogen-bond donors (Lipinski definition) is 0. The highest BCUT2D eigenvalue weighted by molar-refractivity contribution is 7.13. The summed E-state index contributed by atoms with van der Waals surface area (Å²) in [6.45, 7) is 12.0. The molecular formula is C128H116B6N3+3. The second-order valence-electron chi connectivity index (χ2n) is 38.2. The first-order valence-corrected chi connectivity index (χ1v) is 47.9. The summed E-state index contributed by atoms with van der Waals surface area (Å²) in [4.78, 5) is 0. The molecule has 0 spiro atoms. The Balaban J connectivity index is 0.000000138. The van der Waals surface area contributed by atoms with Gasteiger partial charge in [0.25, 0.3) is 0 Å². The predicted molar refractivity (Wildman–Crippen MR) is 593 cm³/mol. The molecule has 3 aliphatic heterocycles. The van der Waals surface area contributed by atoms with Gasteiger partial charge in [-0.25, -0.2) is 13.7 Å². The van der Waals surface area contributed by atoms with Crippen LogP contribution in [0.15, 0.2) is 395 Å². The summed E-state index contributed by atoms with van der Waals surface area (Å²) in [5, 5.41) is 0. The van der Waals surface area contributed by atoms with Crippen molar-refractivity contribution < 1.29 is 30.2 Å². The van der Waals surface area contributed by atoms with Crippen molar-refractivity contribution >= 4 is 139 Å². The monoisotopic (exact) mass is 1770 g/mol. The lowest BCUT2D eigenvalue weighted by molar-refractivity contribution is -0.660. The lowest BCUT2D eigenvalue weighted by Gasteiger charge is -2.34. The zero-order valence-corrected chi connectivity index (χ0v) is 80.3. The lowest BCUT2D eigenvalue weighted by atomic mass is 9.20. The average Bonchev–Trinajstić information content (AvgIpc) is 0.580. The van der Waals surface area contributed by atoms with Gasteiger partial charge in [0.05, 0.1) is 0 Å². The fourth-order valence-corrected chi connectivity index (χ4v) is 22.8. The molecule has 6 heterocycles. The number of hydrogen-bond acceptors (Lipinski definition) is 0. The first-order valence-electron chi connectivity index (χ1n) is 53.9. The van der Waals surface area contributed by atoms with Crippen LogP contribution in [-0.2, 0) is 21.1 Å². The molecular weight excluding hydrogens is 1640 g/mol.